The molecule has 0 unspecified atom stereocenters. The molecule has 0 bridgehead atoms. The van der Waals surface area contributed by atoms with Crippen LogP contribution in [0.5, 0.6) is 0 Å². The van der Waals surface area contributed by atoms with E-state index in [-0.39, 0.29) is 13.1 Å². The zero-order valence-corrected chi connectivity index (χ0v) is 13.9. The summed E-state index contributed by atoms with van der Waals surface area (Å²) in [5.74, 6) is 0. The smallest absolute Gasteiger partial charge is 0.319 e. The van der Waals surface area contributed by atoms with Crippen LogP contribution >= 0.6 is 0 Å². The summed E-state index contributed by atoms with van der Waals surface area (Å²) in [7, 11) is -3.93. The standard InChI is InChI=1S/C14H21N5O3S/c1-5-9-17(8-4)14(20)19-12-15-13(16-19)23(21,22)18(10-6-2)11-7-3/h5-7,12H,1-3,8-11H2,4H3. The van der Waals surface area contributed by atoms with Crippen LogP contribution in [-0.2, 0) is 10.0 Å². The highest BCUT2D eigenvalue weighted by molar-refractivity contribution is 7.89. The van der Waals surface area contributed by atoms with Crippen molar-refractivity contribution in [1.29, 1.82) is 0 Å². The molecular formula is C14H21N5O3S. The van der Waals surface area contributed by atoms with Crippen molar-refractivity contribution >= 4 is 16.1 Å². The van der Waals surface area contributed by atoms with Crippen molar-refractivity contribution < 1.29 is 13.2 Å². The number of hydrogen-bond acceptors (Lipinski definition) is 5. The largest absolute Gasteiger partial charge is 0.346 e. The zero-order chi connectivity index (χ0) is 17.5. The Morgan fingerprint density at radius 1 is 1.22 bits per heavy atom. The van der Waals surface area contributed by atoms with Gasteiger partial charge in [-0.3, -0.25) is 0 Å². The van der Waals surface area contributed by atoms with Crippen LogP contribution in [0.2, 0.25) is 0 Å². The lowest BCUT2D eigenvalue weighted by Crippen LogP contribution is -2.35. The summed E-state index contributed by atoms with van der Waals surface area (Å²) in [6, 6.07) is -0.472. The van der Waals surface area contributed by atoms with Crippen LogP contribution in [0.3, 0.4) is 0 Å². The Balaban J connectivity index is 3.10. The Kier molecular flexibility index (Phi) is 6.86. The van der Waals surface area contributed by atoms with Gasteiger partial charge in [0.05, 0.1) is 0 Å². The summed E-state index contributed by atoms with van der Waals surface area (Å²) >= 11 is 0. The van der Waals surface area contributed by atoms with Crippen molar-refractivity contribution in [2.45, 2.75) is 12.1 Å². The SMILES string of the molecule is C=CCN(CC)C(=O)n1cnc(S(=O)(=O)N(CC=C)CC=C)n1. The van der Waals surface area contributed by atoms with Gasteiger partial charge >= 0.3 is 6.03 Å². The van der Waals surface area contributed by atoms with Crippen LogP contribution in [-0.4, -0.2) is 64.6 Å². The zero-order valence-electron chi connectivity index (χ0n) is 13.1. The fraction of sp³-hybridized carbons (Fsp3) is 0.357. The first-order chi connectivity index (χ1) is 10.9. The van der Waals surface area contributed by atoms with E-state index in [2.05, 4.69) is 29.8 Å². The number of hydrogen-bond donors (Lipinski definition) is 0. The molecule has 126 valence electrons. The maximum Gasteiger partial charge on any atom is 0.346 e. The van der Waals surface area contributed by atoms with Crippen LogP contribution < -0.4 is 0 Å². The molecule has 0 radical (unpaired) electrons. The molecule has 1 rings (SSSR count). The molecule has 23 heavy (non-hydrogen) atoms. The lowest BCUT2D eigenvalue weighted by molar-refractivity contribution is 0.204. The van der Waals surface area contributed by atoms with Gasteiger partial charge in [-0.25, -0.2) is 18.2 Å². The van der Waals surface area contributed by atoms with Crippen molar-refractivity contribution in [3.63, 3.8) is 0 Å². The molecule has 1 heterocycles. The minimum absolute atomic E-state index is 0.0917. The summed E-state index contributed by atoms with van der Waals surface area (Å²) in [5.41, 5.74) is 0. The Hall–Kier alpha value is -2.26. The number of likely N-dealkylation sites (N-methyl/N-ethyl adjacent to an activating group) is 1. The van der Waals surface area contributed by atoms with Crippen molar-refractivity contribution in [2.24, 2.45) is 0 Å². The van der Waals surface area contributed by atoms with Gasteiger partial charge in [-0.15, -0.1) is 24.8 Å². The van der Waals surface area contributed by atoms with Gasteiger partial charge in [0.15, 0.2) is 0 Å². The minimum atomic E-state index is -3.93. The minimum Gasteiger partial charge on any atom is -0.319 e. The Morgan fingerprint density at radius 2 is 1.78 bits per heavy atom. The van der Waals surface area contributed by atoms with Gasteiger partial charge in [-0.05, 0) is 6.92 Å². The van der Waals surface area contributed by atoms with Gasteiger partial charge in [0.2, 0.25) is 0 Å². The molecular weight excluding hydrogens is 318 g/mol. The van der Waals surface area contributed by atoms with E-state index in [1.54, 1.807) is 13.0 Å². The van der Waals surface area contributed by atoms with E-state index in [9.17, 15) is 13.2 Å². The van der Waals surface area contributed by atoms with E-state index < -0.39 is 21.2 Å². The number of sulfonamides is 1. The molecule has 0 saturated heterocycles. The highest BCUT2D eigenvalue weighted by atomic mass is 32.2. The van der Waals surface area contributed by atoms with Gasteiger partial charge < -0.3 is 4.90 Å². The second-order valence-corrected chi connectivity index (χ2v) is 6.31. The molecule has 0 aromatic carbocycles. The van der Waals surface area contributed by atoms with Crippen molar-refractivity contribution in [2.75, 3.05) is 26.2 Å². The summed E-state index contributed by atoms with van der Waals surface area (Å²) in [4.78, 5) is 17.4. The van der Waals surface area contributed by atoms with E-state index in [1.807, 2.05) is 0 Å². The van der Waals surface area contributed by atoms with Gasteiger partial charge in [0.1, 0.15) is 6.33 Å². The predicted molar refractivity (Wildman–Crippen MR) is 87.4 cm³/mol. The quantitative estimate of drug-likeness (QED) is 0.629. The first-order valence-electron chi connectivity index (χ1n) is 6.96. The van der Waals surface area contributed by atoms with E-state index in [1.165, 1.54) is 17.1 Å². The van der Waals surface area contributed by atoms with E-state index in [0.29, 0.717) is 13.1 Å². The molecule has 0 N–H and O–H groups in total. The van der Waals surface area contributed by atoms with Crippen LogP contribution in [0.4, 0.5) is 4.79 Å². The second kappa shape index (κ2) is 8.39. The molecule has 9 heteroatoms. The molecule has 0 aliphatic heterocycles. The number of amides is 1. The van der Waals surface area contributed by atoms with Crippen molar-refractivity contribution in [3.05, 3.63) is 44.3 Å². The molecule has 0 spiro atoms. The first kappa shape index (κ1) is 18.8. The molecule has 1 amide bonds. The lowest BCUT2D eigenvalue weighted by atomic mass is 10.5. The summed E-state index contributed by atoms with van der Waals surface area (Å²) in [6.45, 7) is 13.4. The fourth-order valence-corrected chi connectivity index (χ4v) is 2.98. The van der Waals surface area contributed by atoms with Gasteiger partial charge in [-0.1, -0.05) is 18.2 Å². The molecule has 0 fully saturated rings. The van der Waals surface area contributed by atoms with Crippen molar-refractivity contribution in [1.82, 2.24) is 24.0 Å². The molecule has 0 aliphatic rings. The topological polar surface area (TPSA) is 88.4 Å². The summed E-state index contributed by atoms with van der Waals surface area (Å²) in [6.07, 6.45) is 5.56. The third-order valence-electron chi connectivity index (χ3n) is 2.90. The summed E-state index contributed by atoms with van der Waals surface area (Å²) < 4.78 is 26.9. The normalized spacial score (nSPS) is 11.2. The molecule has 0 saturated carbocycles. The maximum atomic E-state index is 12.5. The molecule has 1 aromatic heterocycles. The molecule has 0 aliphatic carbocycles. The van der Waals surface area contributed by atoms with E-state index in [4.69, 9.17) is 0 Å². The number of rotatable bonds is 9. The van der Waals surface area contributed by atoms with Gasteiger partial charge in [0.25, 0.3) is 15.2 Å². The number of carbonyl (C=O) groups is 1. The second-order valence-electron chi connectivity index (χ2n) is 4.48. The average Bonchev–Trinajstić information content (AvgIpc) is 3.02. The lowest BCUT2D eigenvalue weighted by Gasteiger charge is -2.18. The highest BCUT2D eigenvalue weighted by Crippen LogP contribution is 2.11. The number of aromatic nitrogens is 3. The first-order valence-corrected chi connectivity index (χ1v) is 8.40. The van der Waals surface area contributed by atoms with E-state index >= 15 is 0 Å². The Bertz CT molecular complexity index is 670. The van der Waals surface area contributed by atoms with Crippen LogP contribution in [0, 0.1) is 0 Å². The van der Waals surface area contributed by atoms with Crippen LogP contribution in [0.15, 0.2) is 49.4 Å². The Morgan fingerprint density at radius 3 is 2.26 bits per heavy atom. The molecule has 8 nitrogen and oxygen atoms in total. The fourth-order valence-electron chi connectivity index (χ4n) is 1.78. The molecule has 0 atom stereocenters. The highest BCUT2D eigenvalue weighted by Gasteiger charge is 2.28. The van der Waals surface area contributed by atoms with E-state index in [0.717, 1.165) is 15.3 Å². The maximum absolute atomic E-state index is 12.5. The monoisotopic (exact) mass is 339 g/mol. The van der Waals surface area contributed by atoms with Gasteiger partial charge in [-0.2, -0.15) is 8.99 Å². The number of nitrogens with zero attached hydrogens (tertiary/aromatic N) is 5. The number of carbonyl (C=O) groups excluding carboxylic acids is 1. The van der Waals surface area contributed by atoms with Crippen LogP contribution in [0.25, 0.3) is 0 Å². The average molecular weight is 339 g/mol. The van der Waals surface area contributed by atoms with Crippen LogP contribution in [0.1, 0.15) is 6.92 Å². The van der Waals surface area contributed by atoms with Gasteiger partial charge in [0, 0.05) is 26.2 Å². The third kappa shape index (κ3) is 4.36. The summed E-state index contributed by atoms with van der Waals surface area (Å²) in [5, 5.41) is 3.36. The predicted octanol–water partition coefficient (Wildman–Crippen LogP) is 1.12. The Labute approximate surface area is 136 Å². The third-order valence-corrected chi connectivity index (χ3v) is 4.53. The van der Waals surface area contributed by atoms with Crippen molar-refractivity contribution in [3.8, 4) is 0 Å². The molecule has 1 aromatic rings.